The van der Waals surface area contributed by atoms with Crippen LogP contribution in [0.5, 0.6) is 5.75 Å². The van der Waals surface area contributed by atoms with Crippen molar-refractivity contribution in [2.45, 2.75) is 91.3 Å². The maximum Gasteiger partial charge on any atom is 0.494 e. The Kier molecular flexibility index (Phi) is 4.90. The van der Waals surface area contributed by atoms with Crippen molar-refractivity contribution in [3.63, 3.8) is 0 Å². The van der Waals surface area contributed by atoms with Crippen LogP contribution < -0.4 is 10.2 Å². The van der Waals surface area contributed by atoms with Crippen LogP contribution in [-0.2, 0) is 20.1 Å². The van der Waals surface area contributed by atoms with Gasteiger partial charge in [-0.3, -0.25) is 0 Å². The summed E-state index contributed by atoms with van der Waals surface area (Å²) in [5.41, 5.74) is 2.67. The zero-order valence-corrected chi connectivity index (χ0v) is 18.0. The van der Waals surface area contributed by atoms with Crippen molar-refractivity contribution in [2.75, 3.05) is 7.11 Å². The summed E-state index contributed by atoms with van der Waals surface area (Å²) in [5, 5.41) is 0. The predicted molar refractivity (Wildman–Crippen MR) is 106 cm³/mol. The van der Waals surface area contributed by atoms with Gasteiger partial charge in [-0.05, 0) is 55.1 Å². The van der Waals surface area contributed by atoms with E-state index in [9.17, 15) is 0 Å². The first-order chi connectivity index (χ1) is 11.1. The molecule has 1 aliphatic heterocycles. The molecule has 4 heteroatoms. The molecule has 3 nitrogen and oxygen atoms in total. The van der Waals surface area contributed by atoms with Gasteiger partial charge in [0.05, 0.1) is 18.3 Å². The molecule has 1 fully saturated rings. The molecule has 0 aromatic heterocycles. The Labute approximate surface area is 154 Å². The van der Waals surface area contributed by atoms with Crippen LogP contribution in [0.3, 0.4) is 0 Å². The molecule has 0 atom stereocenters. The number of hydrogen-bond acceptors (Lipinski definition) is 3. The molecule has 1 aromatic carbocycles. The Bertz CT molecular complexity index is 597. The Morgan fingerprint density at radius 2 is 1.16 bits per heavy atom. The Balaban J connectivity index is 2.65. The average Bonchev–Trinajstić information content (AvgIpc) is 2.64. The molecule has 0 radical (unpaired) electrons. The van der Waals surface area contributed by atoms with Gasteiger partial charge in [0.15, 0.2) is 0 Å². The van der Waals surface area contributed by atoms with E-state index in [0.29, 0.717) is 0 Å². The van der Waals surface area contributed by atoms with Gasteiger partial charge >= 0.3 is 7.12 Å². The van der Waals surface area contributed by atoms with E-state index in [1.165, 1.54) is 11.1 Å². The van der Waals surface area contributed by atoms with Crippen LogP contribution in [-0.4, -0.2) is 25.4 Å². The topological polar surface area (TPSA) is 27.7 Å². The van der Waals surface area contributed by atoms with Crippen LogP contribution in [0.1, 0.15) is 80.4 Å². The molecule has 1 saturated heterocycles. The van der Waals surface area contributed by atoms with Gasteiger partial charge in [0.25, 0.3) is 0 Å². The van der Waals surface area contributed by atoms with E-state index in [4.69, 9.17) is 14.0 Å². The minimum absolute atomic E-state index is 0.0367. The highest BCUT2D eigenvalue weighted by Gasteiger charge is 2.52. The third-order valence-electron chi connectivity index (χ3n) is 5.46. The minimum Gasteiger partial charge on any atom is -0.496 e. The van der Waals surface area contributed by atoms with Crippen molar-refractivity contribution in [1.29, 1.82) is 0 Å². The smallest absolute Gasteiger partial charge is 0.494 e. The Hall–Kier alpha value is -0.995. The third-order valence-corrected chi connectivity index (χ3v) is 5.46. The van der Waals surface area contributed by atoms with Crippen molar-refractivity contribution in [1.82, 2.24) is 0 Å². The maximum atomic E-state index is 6.30. The SMILES string of the molecule is COc1c(C(C)(C)C)cc(B2OC(C)(C)C(C)(C)O2)cc1C(C)(C)C. The van der Waals surface area contributed by atoms with Crippen LogP contribution in [0.4, 0.5) is 0 Å². The van der Waals surface area contributed by atoms with Gasteiger partial charge in [-0.2, -0.15) is 0 Å². The fourth-order valence-electron chi connectivity index (χ4n) is 3.10. The summed E-state index contributed by atoms with van der Waals surface area (Å²) in [6.07, 6.45) is 0. The van der Waals surface area contributed by atoms with E-state index in [2.05, 4.69) is 81.4 Å². The molecule has 2 rings (SSSR count). The first-order valence-electron chi connectivity index (χ1n) is 9.19. The molecule has 1 aromatic rings. The summed E-state index contributed by atoms with van der Waals surface area (Å²) in [5.74, 6) is 0.972. The van der Waals surface area contributed by atoms with Crippen molar-refractivity contribution < 1.29 is 14.0 Å². The Morgan fingerprint density at radius 3 is 1.44 bits per heavy atom. The summed E-state index contributed by atoms with van der Waals surface area (Å²) >= 11 is 0. The van der Waals surface area contributed by atoms with E-state index < -0.39 is 0 Å². The van der Waals surface area contributed by atoms with Crippen LogP contribution in [0.25, 0.3) is 0 Å². The largest absolute Gasteiger partial charge is 0.496 e. The highest BCUT2D eigenvalue weighted by Crippen LogP contribution is 2.41. The average molecular weight is 346 g/mol. The normalized spacial score (nSPS) is 20.0. The molecule has 0 amide bonds. The lowest BCUT2D eigenvalue weighted by atomic mass is 9.71. The number of benzene rings is 1. The second-order valence-electron chi connectivity index (χ2n) is 10.2. The molecule has 0 unspecified atom stereocenters. The zero-order valence-electron chi connectivity index (χ0n) is 18.0. The van der Waals surface area contributed by atoms with Crippen LogP contribution in [0.15, 0.2) is 12.1 Å². The molecule has 140 valence electrons. The molecule has 1 aliphatic rings. The number of rotatable bonds is 2. The molecule has 1 heterocycles. The molecule has 0 saturated carbocycles. The van der Waals surface area contributed by atoms with E-state index >= 15 is 0 Å². The van der Waals surface area contributed by atoms with E-state index in [1.54, 1.807) is 7.11 Å². The fourth-order valence-corrected chi connectivity index (χ4v) is 3.10. The third kappa shape index (κ3) is 3.75. The highest BCUT2D eigenvalue weighted by molar-refractivity contribution is 6.62. The van der Waals surface area contributed by atoms with Crippen molar-refractivity contribution in [2.24, 2.45) is 0 Å². The molecule has 0 bridgehead atoms. The lowest BCUT2D eigenvalue weighted by Gasteiger charge is -2.32. The predicted octanol–water partition coefficient (Wildman–Crippen LogP) is 4.59. The number of ether oxygens (including phenoxy) is 1. The van der Waals surface area contributed by atoms with Gasteiger partial charge in [0.2, 0.25) is 0 Å². The lowest BCUT2D eigenvalue weighted by Crippen LogP contribution is -2.41. The summed E-state index contributed by atoms with van der Waals surface area (Å²) < 4.78 is 18.4. The van der Waals surface area contributed by atoms with E-state index in [0.717, 1.165) is 11.2 Å². The van der Waals surface area contributed by atoms with Gasteiger partial charge < -0.3 is 14.0 Å². The van der Waals surface area contributed by atoms with Gasteiger partial charge in [0.1, 0.15) is 5.75 Å². The second-order valence-corrected chi connectivity index (χ2v) is 10.2. The van der Waals surface area contributed by atoms with Crippen molar-refractivity contribution in [3.8, 4) is 5.75 Å². The standard InChI is InChI=1S/C21H35BO3/c1-18(2,3)15-12-14(13-16(17(15)23-11)19(4,5)6)22-24-20(7,8)21(9,10)25-22/h12-13H,1-11H3. The van der Waals surface area contributed by atoms with Gasteiger partial charge in [-0.15, -0.1) is 0 Å². The molecule has 0 N–H and O–H groups in total. The first-order valence-corrected chi connectivity index (χ1v) is 9.19. The first kappa shape index (κ1) is 20.3. The number of methoxy groups -OCH3 is 1. The zero-order chi connectivity index (χ0) is 19.4. The Morgan fingerprint density at radius 1 is 0.800 bits per heavy atom. The summed E-state index contributed by atoms with van der Waals surface area (Å²) in [7, 11) is 1.40. The summed E-state index contributed by atoms with van der Waals surface area (Å²) in [6, 6.07) is 4.38. The second kappa shape index (κ2) is 6.02. The summed E-state index contributed by atoms with van der Waals surface area (Å²) in [6.45, 7) is 21.6. The van der Waals surface area contributed by atoms with Crippen LogP contribution >= 0.6 is 0 Å². The maximum absolute atomic E-state index is 6.30. The van der Waals surface area contributed by atoms with Crippen molar-refractivity contribution in [3.05, 3.63) is 23.3 Å². The van der Waals surface area contributed by atoms with Crippen LogP contribution in [0, 0.1) is 0 Å². The number of hydrogen-bond donors (Lipinski definition) is 0. The molecule has 0 aliphatic carbocycles. The molecular formula is C21H35BO3. The lowest BCUT2D eigenvalue weighted by molar-refractivity contribution is 0.00578. The minimum atomic E-state index is -0.363. The van der Waals surface area contributed by atoms with Gasteiger partial charge in [-0.1, -0.05) is 53.7 Å². The van der Waals surface area contributed by atoms with Gasteiger partial charge in [-0.25, -0.2) is 0 Å². The quantitative estimate of drug-likeness (QED) is 0.733. The van der Waals surface area contributed by atoms with E-state index in [1.807, 2.05) is 0 Å². The molecule has 0 spiro atoms. The fraction of sp³-hybridized carbons (Fsp3) is 0.714. The van der Waals surface area contributed by atoms with E-state index in [-0.39, 0.29) is 29.2 Å². The van der Waals surface area contributed by atoms with Gasteiger partial charge in [0, 0.05) is 0 Å². The van der Waals surface area contributed by atoms with Crippen molar-refractivity contribution >= 4 is 12.6 Å². The molecular weight excluding hydrogens is 311 g/mol. The summed E-state index contributed by atoms with van der Waals surface area (Å²) in [4.78, 5) is 0. The monoisotopic (exact) mass is 346 g/mol. The molecule has 25 heavy (non-hydrogen) atoms. The highest BCUT2D eigenvalue weighted by atomic mass is 16.7. The van der Waals surface area contributed by atoms with Crippen LogP contribution in [0.2, 0.25) is 0 Å².